The van der Waals surface area contributed by atoms with Gasteiger partial charge in [-0.15, -0.1) is 11.3 Å². The zero-order chi connectivity index (χ0) is 17.6. The molecule has 0 aromatic carbocycles. The van der Waals surface area contributed by atoms with Gasteiger partial charge in [0.1, 0.15) is 5.65 Å². The first-order valence-electron chi connectivity index (χ1n) is 9.63. The van der Waals surface area contributed by atoms with Gasteiger partial charge in [0.05, 0.1) is 21.8 Å². The van der Waals surface area contributed by atoms with Crippen LogP contribution in [0.5, 0.6) is 0 Å². The molecule has 0 radical (unpaired) electrons. The predicted octanol–water partition coefficient (Wildman–Crippen LogP) is 4.11. The largest absolute Gasteiger partial charge is 0.369 e. The average Bonchev–Trinajstić information content (AvgIpc) is 3.28. The van der Waals surface area contributed by atoms with Crippen LogP contribution in [-0.2, 0) is 0 Å². The summed E-state index contributed by atoms with van der Waals surface area (Å²) in [7, 11) is 0. The third-order valence-electron chi connectivity index (χ3n) is 5.95. The van der Waals surface area contributed by atoms with E-state index in [9.17, 15) is 0 Å². The first-order valence-corrected chi connectivity index (χ1v) is 10.5. The highest BCUT2D eigenvalue weighted by Gasteiger charge is 2.37. The van der Waals surface area contributed by atoms with Gasteiger partial charge in [0.15, 0.2) is 0 Å². The van der Waals surface area contributed by atoms with E-state index in [2.05, 4.69) is 44.8 Å². The van der Waals surface area contributed by atoms with Gasteiger partial charge in [-0.05, 0) is 45.2 Å². The third kappa shape index (κ3) is 2.72. The molecule has 2 fully saturated rings. The lowest BCUT2D eigenvalue weighted by atomic mass is 9.81. The summed E-state index contributed by atoms with van der Waals surface area (Å²) >= 11 is 1.70. The second-order valence-corrected chi connectivity index (χ2v) is 8.76. The molecule has 0 saturated carbocycles. The molecule has 3 aromatic heterocycles. The second kappa shape index (κ2) is 6.35. The van der Waals surface area contributed by atoms with Crippen molar-refractivity contribution in [2.45, 2.75) is 44.6 Å². The average molecular weight is 368 g/mol. The molecule has 5 heterocycles. The van der Waals surface area contributed by atoms with Crippen molar-refractivity contribution in [3.63, 3.8) is 0 Å². The molecular weight excluding hydrogens is 342 g/mol. The maximum absolute atomic E-state index is 4.71. The monoisotopic (exact) mass is 367 g/mol. The molecule has 0 bridgehead atoms. The van der Waals surface area contributed by atoms with Crippen LogP contribution in [0.25, 0.3) is 22.3 Å². The van der Waals surface area contributed by atoms with Crippen LogP contribution in [-0.4, -0.2) is 40.1 Å². The number of fused-ring (bicyclic) bond motifs is 1. The van der Waals surface area contributed by atoms with Crippen LogP contribution in [0, 0.1) is 6.92 Å². The normalized spacial score (nSPS) is 23.8. The zero-order valence-electron chi connectivity index (χ0n) is 15.2. The predicted molar refractivity (Wildman–Crippen MR) is 108 cm³/mol. The summed E-state index contributed by atoms with van der Waals surface area (Å²) in [6.45, 7) is 5.43. The summed E-state index contributed by atoms with van der Waals surface area (Å²) in [4.78, 5) is 15.2. The van der Waals surface area contributed by atoms with Crippen LogP contribution >= 0.6 is 11.3 Å². The minimum Gasteiger partial charge on any atom is -0.369 e. The van der Waals surface area contributed by atoms with Gasteiger partial charge in [0.2, 0.25) is 0 Å². The fourth-order valence-electron chi connectivity index (χ4n) is 4.71. The number of aromatic amines is 1. The lowest BCUT2D eigenvalue weighted by Gasteiger charge is -2.47. The Kier molecular flexibility index (Phi) is 3.98. The quantitative estimate of drug-likeness (QED) is 0.716. The van der Waals surface area contributed by atoms with Gasteiger partial charge >= 0.3 is 0 Å². The topological polar surface area (TPSA) is 56.8 Å². The Morgan fingerprint density at radius 1 is 1.23 bits per heavy atom. The summed E-state index contributed by atoms with van der Waals surface area (Å²) in [6.07, 6.45) is 10.5. The van der Waals surface area contributed by atoms with Gasteiger partial charge < -0.3 is 15.2 Å². The number of hydrogen-bond donors (Lipinski definition) is 2. The fourth-order valence-corrected chi connectivity index (χ4v) is 5.32. The Morgan fingerprint density at radius 3 is 2.96 bits per heavy atom. The van der Waals surface area contributed by atoms with Crippen molar-refractivity contribution < 1.29 is 0 Å². The minimum atomic E-state index is 0.291. The van der Waals surface area contributed by atoms with E-state index in [4.69, 9.17) is 4.98 Å². The molecular formula is C20H25N5S. The molecule has 3 aromatic rings. The van der Waals surface area contributed by atoms with Crippen molar-refractivity contribution in [2.24, 2.45) is 0 Å². The maximum atomic E-state index is 4.71. The van der Waals surface area contributed by atoms with Crippen LogP contribution in [0.15, 0.2) is 23.8 Å². The van der Waals surface area contributed by atoms with E-state index in [1.807, 2.05) is 6.20 Å². The first kappa shape index (κ1) is 16.3. The summed E-state index contributed by atoms with van der Waals surface area (Å²) in [5.41, 5.74) is 4.77. The van der Waals surface area contributed by atoms with Crippen molar-refractivity contribution in [1.29, 1.82) is 0 Å². The number of anilines is 1. The van der Waals surface area contributed by atoms with Crippen molar-refractivity contribution >= 4 is 28.1 Å². The summed E-state index contributed by atoms with van der Waals surface area (Å²) in [5.74, 6) is 0. The highest BCUT2D eigenvalue weighted by Crippen LogP contribution is 2.38. The highest BCUT2D eigenvalue weighted by atomic mass is 32.1. The van der Waals surface area contributed by atoms with Crippen molar-refractivity contribution in [2.75, 3.05) is 24.5 Å². The Bertz CT molecular complexity index is 916. The molecule has 2 aliphatic heterocycles. The van der Waals surface area contributed by atoms with Crippen LogP contribution in [0.3, 0.4) is 0 Å². The van der Waals surface area contributed by atoms with Gasteiger partial charge in [0, 0.05) is 42.0 Å². The molecule has 2 aliphatic rings. The molecule has 1 spiro atoms. The molecule has 0 amide bonds. The number of thiazole rings is 1. The fraction of sp³-hybridized carbons (Fsp3) is 0.500. The van der Waals surface area contributed by atoms with Crippen LogP contribution < -0.4 is 10.2 Å². The molecule has 2 saturated heterocycles. The summed E-state index contributed by atoms with van der Waals surface area (Å²) in [6, 6.07) is 2.18. The smallest absolute Gasteiger partial charge is 0.140 e. The molecule has 1 unspecified atom stereocenters. The zero-order valence-corrected chi connectivity index (χ0v) is 16.0. The van der Waals surface area contributed by atoms with E-state index in [1.54, 1.807) is 11.3 Å². The van der Waals surface area contributed by atoms with E-state index in [1.165, 1.54) is 48.7 Å². The van der Waals surface area contributed by atoms with E-state index in [0.29, 0.717) is 5.54 Å². The lowest BCUT2D eigenvalue weighted by molar-refractivity contribution is 0.216. The van der Waals surface area contributed by atoms with Crippen LogP contribution in [0.2, 0.25) is 0 Å². The number of piperidine rings is 2. The molecule has 0 aliphatic carbocycles. The Morgan fingerprint density at radius 2 is 2.15 bits per heavy atom. The van der Waals surface area contributed by atoms with Gasteiger partial charge in [-0.1, -0.05) is 6.42 Å². The maximum Gasteiger partial charge on any atom is 0.140 e. The molecule has 1 atom stereocenters. The second-order valence-electron chi connectivity index (χ2n) is 7.70. The number of rotatable bonds is 2. The molecule has 2 N–H and O–H groups in total. The van der Waals surface area contributed by atoms with E-state index < -0.39 is 0 Å². The molecule has 5 rings (SSSR count). The Hall–Kier alpha value is -1.92. The van der Waals surface area contributed by atoms with Crippen molar-refractivity contribution in [3.05, 3.63) is 28.8 Å². The number of H-pyrrole nitrogens is 1. The lowest BCUT2D eigenvalue weighted by Crippen LogP contribution is -2.59. The van der Waals surface area contributed by atoms with Gasteiger partial charge in [-0.2, -0.15) is 0 Å². The number of nitrogens with zero attached hydrogens (tertiary/aromatic N) is 3. The highest BCUT2D eigenvalue weighted by molar-refractivity contribution is 7.09. The Balaban J connectivity index is 1.57. The van der Waals surface area contributed by atoms with E-state index >= 15 is 0 Å². The van der Waals surface area contributed by atoms with Crippen molar-refractivity contribution in [3.8, 4) is 11.3 Å². The Labute approximate surface area is 157 Å². The first-order chi connectivity index (χ1) is 12.7. The standard InChI is InChI=1S/C20H25N5S/c1-14-24-16(12-26-14)15-11-22-19-18(15)17(5-9-21-19)25-10-4-7-20(13-25)6-2-3-8-23-20/h5,9,11-12,23H,2-4,6-8,10,13H2,1H3,(H,21,22). The third-order valence-corrected chi connectivity index (χ3v) is 6.72. The number of nitrogens with one attached hydrogen (secondary N) is 2. The van der Waals surface area contributed by atoms with Crippen LogP contribution in [0.1, 0.15) is 37.1 Å². The summed E-state index contributed by atoms with van der Waals surface area (Å²) in [5, 5.41) is 8.31. The molecule has 5 nitrogen and oxygen atoms in total. The minimum absolute atomic E-state index is 0.291. The molecule has 6 heteroatoms. The molecule has 136 valence electrons. The number of aryl methyl sites for hydroxylation is 1. The van der Waals surface area contributed by atoms with Gasteiger partial charge in [-0.3, -0.25) is 0 Å². The number of pyridine rings is 1. The van der Waals surface area contributed by atoms with E-state index in [-0.39, 0.29) is 0 Å². The van der Waals surface area contributed by atoms with Crippen molar-refractivity contribution in [1.82, 2.24) is 20.3 Å². The number of aromatic nitrogens is 3. The molecule has 26 heavy (non-hydrogen) atoms. The van der Waals surface area contributed by atoms with Gasteiger partial charge in [0.25, 0.3) is 0 Å². The van der Waals surface area contributed by atoms with Gasteiger partial charge in [-0.25, -0.2) is 9.97 Å². The summed E-state index contributed by atoms with van der Waals surface area (Å²) < 4.78 is 0. The number of hydrogen-bond acceptors (Lipinski definition) is 5. The van der Waals surface area contributed by atoms with Crippen LogP contribution in [0.4, 0.5) is 5.69 Å². The van der Waals surface area contributed by atoms with E-state index in [0.717, 1.165) is 36.0 Å². The SMILES string of the molecule is Cc1nc(-c2c[nH]c3nccc(N4CCCC5(CCCCN5)C4)c23)cs1.